The first-order valence-corrected chi connectivity index (χ1v) is 4.12. The molecule has 0 saturated carbocycles. The molecule has 0 aliphatic carbocycles. The molecular formula is C7H11ClN4O. The highest BCUT2D eigenvalue weighted by Gasteiger charge is 2.12. The Morgan fingerprint density at radius 1 is 1.85 bits per heavy atom. The van der Waals surface area contributed by atoms with Crippen molar-refractivity contribution in [2.75, 3.05) is 0 Å². The monoisotopic (exact) mass is 202 g/mol. The number of aromatic nitrogens is 2. The summed E-state index contributed by atoms with van der Waals surface area (Å²) >= 11 is 5.74. The minimum atomic E-state index is -0.703. The Balaban J connectivity index is 2.69. The number of hydrogen-bond donors (Lipinski definition) is 2. The van der Waals surface area contributed by atoms with Crippen LogP contribution < -0.4 is 11.5 Å². The van der Waals surface area contributed by atoms with Crippen molar-refractivity contribution in [3.8, 4) is 0 Å². The van der Waals surface area contributed by atoms with Crippen LogP contribution in [0.25, 0.3) is 0 Å². The number of nitrogens with zero attached hydrogens (tertiary/aromatic N) is 2. The number of aryl methyl sites for hydroxylation is 1. The van der Waals surface area contributed by atoms with Crippen LogP contribution in [0.15, 0.2) is 6.07 Å². The van der Waals surface area contributed by atoms with Crippen molar-refractivity contribution < 1.29 is 4.79 Å². The first-order valence-electron chi connectivity index (χ1n) is 3.74. The van der Waals surface area contributed by atoms with Crippen molar-refractivity contribution in [3.05, 3.63) is 16.9 Å². The van der Waals surface area contributed by atoms with Crippen LogP contribution in [0.3, 0.4) is 0 Å². The van der Waals surface area contributed by atoms with Crippen LogP contribution in [-0.4, -0.2) is 21.7 Å². The van der Waals surface area contributed by atoms with E-state index in [1.807, 2.05) is 0 Å². The van der Waals surface area contributed by atoms with Crippen molar-refractivity contribution >= 4 is 17.5 Å². The van der Waals surface area contributed by atoms with E-state index in [1.54, 1.807) is 13.1 Å². The maximum atomic E-state index is 10.6. The van der Waals surface area contributed by atoms with E-state index in [4.69, 9.17) is 23.1 Å². The molecule has 1 amide bonds. The predicted octanol–water partition coefficient (Wildman–Crippen LogP) is -0.571. The number of halogens is 1. The van der Waals surface area contributed by atoms with Crippen LogP contribution in [0.5, 0.6) is 0 Å². The summed E-state index contributed by atoms with van der Waals surface area (Å²) in [7, 11) is 1.71. The van der Waals surface area contributed by atoms with E-state index in [2.05, 4.69) is 5.10 Å². The minimum absolute atomic E-state index is 0.315. The van der Waals surface area contributed by atoms with Crippen molar-refractivity contribution in [1.29, 1.82) is 0 Å². The Morgan fingerprint density at radius 2 is 2.46 bits per heavy atom. The van der Waals surface area contributed by atoms with Gasteiger partial charge in [-0.1, -0.05) is 11.6 Å². The van der Waals surface area contributed by atoms with Gasteiger partial charge >= 0.3 is 0 Å². The zero-order chi connectivity index (χ0) is 10.0. The molecule has 1 heterocycles. The van der Waals surface area contributed by atoms with Crippen molar-refractivity contribution in [1.82, 2.24) is 9.78 Å². The molecule has 13 heavy (non-hydrogen) atoms. The molecular weight excluding hydrogens is 192 g/mol. The topological polar surface area (TPSA) is 86.9 Å². The number of primary amides is 1. The molecule has 0 fully saturated rings. The van der Waals surface area contributed by atoms with Gasteiger partial charge in [0.25, 0.3) is 0 Å². The minimum Gasteiger partial charge on any atom is -0.368 e. The van der Waals surface area contributed by atoms with E-state index in [1.165, 1.54) is 4.68 Å². The zero-order valence-electron chi connectivity index (χ0n) is 7.20. The molecule has 0 saturated heterocycles. The number of amides is 1. The standard InChI is InChI=1S/C7H11ClN4O/c1-12-6(8)3-4(11-12)2-5(9)7(10)13/h3,5H,2,9H2,1H3,(H2,10,13). The number of carbonyl (C=O) groups is 1. The summed E-state index contributed by atoms with van der Waals surface area (Å²) in [5.74, 6) is -0.540. The highest BCUT2D eigenvalue weighted by molar-refractivity contribution is 6.29. The maximum Gasteiger partial charge on any atom is 0.234 e. The number of rotatable bonds is 3. The summed E-state index contributed by atoms with van der Waals surface area (Å²) in [5.41, 5.74) is 11.1. The van der Waals surface area contributed by atoms with Crippen LogP contribution in [0, 0.1) is 0 Å². The fraction of sp³-hybridized carbons (Fsp3) is 0.429. The Labute approximate surface area is 80.6 Å². The molecule has 0 bridgehead atoms. The second-order valence-electron chi connectivity index (χ2n) is 2.79. The smallest absolute Gasteiger partial charge is 0.234 e. The molecule has 0 aliphatic rings. The Bertz CT molecular complexity index is 303. The van der Waals surface area contributed by atoms with Crippen molar-refractivity contribution in [3.63, 3.8) is 0 Å². The molecule has 6 heteroatoms. The van der Waals surface area contributed by atoms with E-state index >= 15 is 0 Å². The third kappa shape index (κ3) is 2.43. The predicted molar refractivity (Wildman–Crippen MR) is 49.1 cm³/mol. The summed E-state index contributed by atoms with van der Waals surface area (Å²) in [6.45, 7) is 0. The van der Waals surface area contributed by atoms with Gasteiger partial charge in [0.2, 0.25) is 5.91 Å². The summed E-state index contributed by atoms with van der Waals surface area (Å²) < 4.78 is 1.50. The summed E-state index contributed by atoms with van der Waals surface area (Å²) in [6, 6.07) is 0.954. The van der Waals surface area contributed by atoms with Gasteiger partial charge in [0.05, 0.1) is 11.7 Å². The second kappa shape index (κ2) is 3.76. The van der Waals surface area contributed by atoms with Crippen molar-refractivity contribution in [2.24, 2.45) is 18.5 Å². The van der Waals surface area contributed by atoms with Gasteiger partial charge in [-0.05, 0) is 6.07 Å². The highest BCUT2D eigenvalue weighted by Crippen LogP contribution is 2.09. The van der Waals surface area contributed by atoms with Gasteiger partial charge in [-0.2, -0.15) is 5.10 Å². The van der Waals surface area contributed by atoms with Gasteiger partial charge in [0.15, 0.2) is 0 Å². The zero-order valence-corrected chi connectivity index (χ0v) is 7.95. The fourth-order valence-corrected chi connectivity index (χ4v) is 1.09. The van der Waals surface area contributed by atoms with Crippen LogP contribution >= 0.6 is 11.6 Å². The lowest BCUT2D eigenvalue weighted by atomic mass is 10.1. The van der Waals surface area contributed by atoms with Gasteiger partial charge in [0, 0.05) is 13.5 Å². The summed E-state index contributed by atoms with van der Waals surface area (Å²) in [6.07, 6.45) is 0.315. The molecule has 0 aromatic carbocycles. The lowest BCUT2D eigenvalue weighted by molar-refractivity contribution is -0.119. The van der Waals surface area contributed by atoms with Gasteiger partial charge in [-0.15, -0.1) is 0 Å². The molecule has 4 N–H and O–H groups in total. The largest absolute Gasteiger partial charge is 0.368 e. The molecule has 72 valence electrons. The molecule has 1 aromatic heterocycles. The van der Waals surface area contributed by atoms with Crippen LogP contribution in [0.2, 0.25) is 5.15 Å². The van der Waals surface area contributed by atoms with Gasteiger partial charge in [-0.25, -0.2) is 0 Å². The van der Waals surface area contributed by atoms with E-state index in [0.717, 1.165) is 0 Å². The average molecular weight is 203 g/mol. The van der Waals surface area contributed by atoms with Crippen molar-refractivity contribution in [2.45, 2.75) is 12.5 Å². The summed E-state index contributed by atoms with van der Waals surface area (Å²) in [5, 5.41) is 4.54. The van der Waals surface area contributed by atoms with Crippen LogP contribution in [-0.2, 0) is 18.3 Å². The third-order valence-electron chi connectivity index (χ3n) is 1.67. The van der Waals surface area contributed by atoms with E-state index in [0.29, 0.717) is 17.3 Å². The number of hydrogen-bond acceptors (Lipinski definition) is 3. The summed E-state index contributed by atoms with van der Waals surface area (Å²) in [4.78, 5) is 10.6. The molecule has 0 spiro atoms. The number of carbonyl (C=O) groups excluding carboxylic acids is 1. The maximum absolute atomic E-state index is 10.6. The normalized spacial score (nSPS) is 12.8. The molecule has 5 nitrogen and oxygen atoms in total. The Kier molecular flexibility index (Phi) is 2.90. The molecule has 1 atom stereocenters. The average Bonchev–Trinajstić information content (AvgIpc) is 2.31. The van der Waals surface area contributed by atoms with Gasteiger partial charge in [-0.3, -0.25) is 9.48 Å². The quantitative estimate of drug-likeness (QED) is 0.688. The molecule has 0 radical (unpaired) electrons. The Hall–Kier alpha value is -1.07. The lowest BCUT2D eigenvalue weighted by Crippen LogP contribution is -2.38. The fourth-order valence-electron chi connectivity index (χ4n) is 0.926. The van der Waals surface area contributed by atoms with Gasteiger partial charge < -0.3 is 11.5 Å². The molecule has 1 rings (SSSR count). The molecule has 1 unspecified atom stereocenters. The SMILES string of the molecule is Cn1nc(CC(N)C(N)=O)cc1Cl. The van der Waals surface area contributed by atoms with E-state index in [9.17, 15) is 4.79 Å². The number of nitrogens with two attached hydrogens (primary N) is 2. The lowest BCUT2D eigenvalue weighted by Gasteiger charge is -2.02. The first kappa shape index (κ1) is 10.0. The highest BCUT2D eigenvalue weighted by atomic mass is 35.5. The van der Waals surface area contributed by atoms with Crippen LogP contribution in [0.4, 0.5) is 0 Å². The second-order valence-corrected chi connectivity index (χ2v) is 3.18. The molecule has 1 aromatic rings. The molecule has 0 aliphatic heterocycles. The third-order valence-corrected chi connectivity index (χ3v) is 2.02. The van der Waals surface area contributed by atoms with E-state index in [-0.39, 0.29) is 0 Å². The van der Waals surface area contributed by atoms with Gasteiger partial charge in [0.1, 0.15) is 5.15 Å². The Morgan fingerprint density at radius 3 is 2.85 bits per heavy atom. The van der Waals surface area contributed by atoms with E-state index < -0.39 is 11.9 Å². The first-order chi connectivity index (χ1) is 6.00. The van der Waals surface area contributed by atoms with Crippen LogP contribution in [0.1, 0.15) is 5.69 Å².